The van der Waals surface area contributed by atoms with E-state index < -0.39 is 28.5 Å². The maximum Gasteiger partial charge on any atom is 0.340 e. The molecule has 1 aromatic carbocycles. The normalized spacial score (nSPS) is 11.5. The van der Waals surface area contributed by atoms with Crippen molar-refractivity contribution in [1.82, 2.24) is 4.57 Å². The van der Waals surface area contributed by atoms with E-state index in [1.54, 1.807) is 6.07 Å². The first kappa shape index (κ1) is 20.7. The molecule has 9 heteroatoms. The fourth-order valence-electron chi connectivity index (χ4n) is 2.94. The number of aryl methyl sites for hydroxylation is 1. The molecule has 27 heavy (non-hydrogen) atoms. The lowest BCUT2D eigenvalue weighted by molar-refractivity contribution is -0.119. The second-order valence-electron chi connectivity index (χ2n) is 6.45. The van der Waals surface area contributed by atoms with Crippen LogP contribution in [0.4, 0.5) is 5.69 Å². The summed E-state index contributed by atoms with van der Waals surface area (Å²) in [6.45, 7) is 7.25. The highest BCUT2D eigenvalue weighted by Gasteiger charge is 2.19. The number of hydrogen-bond acceptors (Lipinski definition) is 5. The minimum absolute atomic E-state index is 0.126. The number of sulfonamides is 1. The summed E-state index contributed by atoms with van der Waals surface area (Å²) >= 11 is 0. The topological polar surface area (TPSA) is 120 Å². The van der Waals surface area contributed by atoms with Gasteiger partial charge in [0.25, 0.3) is 5.91 Å². The van der Waals surface area contributed by atoms with Crippen LogP contribution in [0.15, 0.2) is 35.2 Å². The lowest BCUT2D eigenvalue weighted by Crippen LogP contribution is -2.21. The third-order valence-corrected chi connectivity index (χ3v) is 4.91. The van der Waals surface area contributed by atoms with Gasteiger partial charge in [0.2, 0.25) is 10.0 Å². The van der Waals surface area contributed by atoms with E-state index in [0.717, 1.165) is 11.4 Å². The fraction of sp³-hybridized carbons (Fsp3) is 0.333. The van der Waals surface area contributed by atoms with Crippen LogP contribution in [-0.4, -0.2) is 31.5 Å². The largest absolute Gasteiger partial charge is 0.452 e. The van der Waals surface area contributed by atoms with Crippen LogP contribution >= 0.6 is 0 Å². The van der Waals surface area contributed by atoms with Gasteiger partial charge >= 0.3 is 5.97 Å². The summed E-state index contributed by atoms with van der Waals surface area (Å²) in [7, 11) is -3.88. The molecule has 1 aromatic heterocycles. The van der Waals surface area contributed by atoms with E-state index in [9.17, 15) is 18.0 Å². The molecule has 0 aliphatic carbocycles. The van der Waals surface area contributed by atoms with Crippen LogP contribution in [0.2, 0.25) is 0 Å². The van der Waals surface area contributed by atoms with Gasteiger partial charge in [-0.25, -0.2) is 18.4 Å². The van der Waals surface area contributed by atoms with Crippen LogP contribution in [0.5, 0.6) is 0 Å². The van der Waals surface area contributed by atoms with Gasteiger partial charge in [0.1, 0.15) is 0 Å². The Morgan fingerprint density at radius 2 is 1.89 bits per heavy atom. The van der Waals surface area contributed by atoms with Gasteiger partial charge < -0.3 is 14.6 Å². The Morgan fingerprint density at radius 1 is 1.22 bits per heavy atom. The molecule has 3 N–H and O–H groups in total. The summed E-state index contributed by atoms with van der Waals surface area (Å²) in [5, 5.41) is 7.53. The number of esters is 1. The molecular formula is C18H23N3O5S. The van der Waals surface area contributed by atoms with Crippen molar-refractivity contribution in [2.45, 2.75) is 38.6 Å². The molecule has 2 aromatic rings. The molecule has 0 radical (unpaired) electrons. The Balaban J connectivity index is 2.02. The number of rotatable bonds is 6. The summed E-state index contributed by atoms with van der Waals surface area (Å²) in [5.41, 5.74) is 2.35. The predicted molar refractivity (Wildman–Crippen MR) is 101 cm³/mol. The van der Waals surface area contributed by atoms with E-state index in [1.165, 1.54) is 24.3 Å². The third-order valence-electron chi connectivity index (χ3n) is 4.00. The number of carbonyl (C=O) groups excluding carboxylic acids is 2. The lowest BCUT2D eigenvalue weighted by Gasteiger charge is -2.13. The van der Waals surface area contributed by atoms with Crippen molar-refractivity contribution in [2.24, 2.45) is 5.14 Å². The first-order valence-corrected chi connectivity index (χ1v) is 9.83. The first-order valence-electron chi connectivity index (χ1n) is 8.29. The van der Waals surface area contributed by atoms with Crippen molar-refractivity contribution in [2.75, 3.05) is 11.9 Å². The number of carbonyl (C=O) groups is 2. The van der Waals surface area contributed by atoms with E-state index in [2.05, 4.69) is 5.32 Å². The zero-order valence-electron chi connectivity index (χ0n) is 15.6. The number of nitrogens with zero attached hydrogens (tertiary/aromatic N) is 1. The predicted octanol–water partition coefficient (Wildman–Crippen LogP) is 2.13. The summed E-state index contributed by atoms with van der Waals surface area (Å²) in [5.74, 6) is -1.18. The fourth-order valence-corrected chi connectivity index (χ4v) is 3.49. The van der Waals surface area contributed by atoms with Crippen molar-refractivity contribution in [3.8, 4) is 0 Å². The highest BCUT2D eigenvalue weighted by molar-refractivity contribution is 7.89. The van der Waals surface area contributed by atoms with Crippen LogP contribution in [0.25, 0.3) is 0 Å². The van der Waals surface area contributed by atoms with Crippen LogP contribution in [0, 0.1) is 13.8 Å². The molecule has 1 amide bonds. The van der Waals surface area contributed by atoms with Crippen LogP contribution < -0.4 is 10.5 Å². The van der Waals surface area contributed by atoms with Crippen molar-refractivity contribution < 1.29 is 22.7 Å². The Morgan fingerprint density at radius 3 is 2.44 bits per heavy atom. The summed E-state index contributed by atoms with van der Waals surface area (Å²) < 4.78 is 29.8. The minimum Gasteiger partial charge on any atom is -0.452 e. The molecule has 0 aliphatic heterocycles. The standard InChI is InChI=1S/C18H23N3O5S/c1-11(2)21-12(3)8-16(13(21)4)18(23)26-10-17(22)20-14-6-5-7-15(9-14)27(19,24)25/h5-9,11H,10H2,1-4H3,(H,20,22)(H2,19,24,25). The molecule has 0 saturated heterocycles. The van der Waals surface area contributed by atoms with Crippen molar-refractivity contribution in [1.29, 1.82) is 0 Å². The molecule has 0 atom stereocenters. The molecular weight excluding hydrogens is 370 g/mol. The van der Waals surface area contributed by atoms with E-state index in [0.29, 0.717) is 5.56 Å². The molecule has 0 saturated carbocycles. The Labute approximate surface area is 158 Å². The van der Waals surface area contributed by atoms with Gasteiger partial charge in [0.15, 0.2) is 6.61 Å². The van der Waals surface area contributed by atoms with E-state index in [-0.39, 0.29) is 16.6 Å². The van der Waals surface area contributed by atoms with E-state index in [4.69, 9.17) is 9.88 Å². The highest BCUT2D eigenvalue weighted by atomic mass is 32.2. The molecule has 0 unspecified atom stereocenters. The van der Waals surface area contributed by atoms with Gasteiger partial charge in [0.05, 0.1) is 10.5 Å². The third kappa shape index (κ3) is 4.95. The Kier molecular flexibility index (Phi) is 6.07. The van der Waals surface area contributed by atoms with Crippen LogP contribution in [0.3, 0.4) is 0 Å². The highest BCUT2D eigenvalue weighted by Crippen LogP contribution is 2.21. The van der Waals surface area contributed by atoms with Gasteiger partial charge in [0, 0.05) is 23.1 Å². The van der Waals surface area contributed by atoms with E-state index in [1.807, 2.05) is 32.3 Å². The average molecular weight is 393 g/mol. The van der Waals surface area contributed by atoms with Crippen LogP contribution in [0.1, 0.15) is 41.6 Å². The first-order chi connectivity index (χ1) is 12.5. The maximum absolute atomic E-state index is 12.3. The number of nitrogens with two attached hydrogens (primary N) is 1. The summed E-state index contributed by atoms with van der Waals surface area (Å²) in [6.07, 6.45) is 0. The molecule has 0 aliphatic rings. The number of nitrogens with one attached hydrogen (secondary N) is 1. The van der Waals surface area contributed by atoms with Gasteiger partial charge in [-0.1, -0.05) is 6.07 Å². The molecule has 146 valence electrons. The smallest absolute Gasteiger partial charge is 0.340 e. The van der Waals surface area contributed by atoms with Crippen LogP contribution in [-0.2, 0) is 19.6 Å². The zero-order valence-corrected chi connectivity index (χ0v) is 16.5. The molecule has 0 bridgehead atoms. The number of hydrogen-bond donors (Lipinski definition) is 2. The number of aromatic nitrogens is 1. The van der Waals surface area contributed by atoms with Gasteiger partial charge in [-0.3, -0.25) is 4.79 Å². The lowest BCUT2D eigenvalue weighted by atomic mass is 10.2. The number of anilines is 1. The summed E-state index contributed by atoms with van der Waals surface area (Å²) in [6, 6.07) is 7.42. The Bertz CT molecular complexity index is 977. The van der Waals surface area contributed by atoms with Gasteiger partial charge in [-0.05, 0) is 52.0 Å². The van der Waals surface area contributed by atoms with Crippen molar-refractivity contribution in [3.05, 3.63) is 47.3 Å². The van der Waals surface area contributed by atoms with Crippen molar-refractivity contribution in [3.63, 3.8) is 0 Å². The molecule has 1 heterocycles. The molecule has 2 rings (SSSR count). The maximum atomic E-state index is 12.3. The quantitative estimate of drug-likeness (QED) is 0.728. The monoisotopic (exact) mass is 393 g/mol. The number of benzene rings is 1. The van der Waals surface area contributed by atoms with Gasteiger partial charge in [-0.15, -0.1) is 0 Å². The van der Waals surface area contributed by atoms with Gasteiger partial charge in [-0.2, -0.15) is 0 Å². The Hall–Kier alpha value is -2.65. The second-order valence-corrected chi connectivity index (χ2v) is 8.01. The second kappa shape index (κ2) is 7.93. The van der Waals surface area contributed by atoms with E-state index >= 15 is 0 Å². The number of ether oxygens (including phenoxy) is 1. The van der Waals surface area contributed by atoms with Crippen molar-refractivity contribution >= 4 is 27.6 Å². The molecule has 8 nitrogen and oxygen atoms in total. The minimum atomic E-state index is -3.88. The average Bonchev–Trinajstić information content (AvgIpc) is 2.87. The molecule has 0 fully saturated rings. The number of primary sulfonamides is 1. The SMILES string of the molecule is Cc1cc(C(=O)OCC(=O)Nc2cccc(S(N)(=O)=O)c2)c(C)n1C(C)C. The number of amides is 1. The zero-order chi connectivity index (χ0) is 20.4. The molecule has 0 spiro atoms. The summed E-state index contributed by atoms with van der Waals surface area (Å²) in [4.78, 5) is 24.2.